The number of rotatable bonds is 17. The molecule has 0 aliphatic rings. The molecule has 0 radical (unpaired) electrons. The topological polar surface area (TPSA) is 66.4 Å². The third kappa shape index (κ3) is 19.0. The van der Waals surface area contributed by atoms with Crippen LogP contribution in [-0.4, -0.2) is 23.0 Å². The largest absolute Gasteiger partial charge is 0.480 e. The van der Waals surface area contributed by atoms with Gasteiger partial charge in [0, 0.05) is 6.42 Å². The van der Waals surface area contributed by atoms with Gasteiger partial charge in [0.15, 0.2) is 0 Å². The molecule has 0 bridgehead atoms. The Bertz CT molecular complexity index is 597. The lowest BCUT2D eigenvalue weighted by Crippen LogP contribution is -2.41. The molecule has 0 aromatic rings. The van der Waals surface area contributed by atoms with Gasteiger partial charge in [0.1, 0.15) is 6.04 Å². The van der Waals surface area contributed by atoms with E-state index < -0.39 is 12.0 Å². The van der Waals surface area contributed by atoms with Gasteiger partial charge in [0.05, 0.1) is 0 Å². The first kappa shape index (κ1) is 27.6. The lowest BCUT2D eigenvalue weighted by atomic mass is 10.0. The second-order valence-electron chi connectivity index (χ2n) is 7.69. The number of carboxylic acid groups (broad SMARTS) is 1. The van der Waals surface area contributed by atoms with Gasteiger partial charge in [-0.15, -0.1) is 0 Å². The van der Waals surface area contributed by atoms with E-state index in [4.69, 9.17) is 5.11 Å². The molecule has 0 aromatic carbocycles. The predicted molar refractivity (Wildman–Crippen MR) is 127 cm³/mol. The fourth-order valence-electron chi connectivity index (χ4n) is 2.71. The highest BCUT2D eigenvalue weighted by Gasteiger charge is 2.20. The number of allylic oxidation sites excluding steroid dienone is 10. The summed E-state index contributed by atoms with van der Waals surface area (Å²) in [6.45, 7) is 6.04. The Labute approximate surface area is 183 Å². The van der Waals surface area contributed by atoms with E-state index in [0.29, 0.717) is 12.8 Å². The van der Waals surface area contributed by atoms with Crippen LogP contribution in [0.5, 0.6) is 0 Å². The highest BCUT2D eigenvalue weighted by Crippen LogP contribution is 2.06. The second-order valence-corrected chi connectivity index (χ2v) is 7.69. The highest BCUT2D eigenvalue weighted by atomic mass is 16.4. The van der Waals surface area contributed by atoms with Crippen LogP contribution in [0.15, 0.2) is 60.8 Å². The van der Waals surface area contributed by atoms with Crippen LogP contribution in [0, 0.1) is 5.92 Å². The van der Waals surface area contributed by atoms with Gasteiger partial charge in [-0.2, -0.15) is 0 Å². The number of aliphatic carboxylic acids is 1. The zero-order valence-corrected chi connectivity index (χ0v) is 19.1. The number of hydrogen-bond donors (Lipinski definition) is 2. The first-order valence-electron chi connectivity index (χ1n) is 11.2. The Morgan fingerprint density at radius 3 is 1.70 bits per heavy atom. The quantitative estimate of drug-likeness (QED) is 0.210. The molecule has 1 unspecified atom stereocenters. The third-order valence-electron chi connectivity index (χ3n) is 4.27. The van der Waals surface area contributed by atoms with Crippen molar-refractivity contribution < 1.29 is 14.7 Å². The molecule has 0 aliphatic heterocycles. The molecule has 0 aliphatic carbocycles. The van der Waals surface area contributed by atoms with Crippen molar-refractivity contribution in [1.29, 1.82) is 0 Å². The first-order valence-corrected chi connectivity index (χ1v) is 11.2. The lowest BCUT2D eigenvalue weighted by Gasteiger charge is -2.16. The minimum absolute atomic E-state index is 0.185. The summed E-state index contributed by atoms with van der Waals surface area (Å²) < 4.78 is 0. The van der Waals surface area contributed by atoms with Crippen LogP contribution in [0.1, 0.15) is 78.6 Å². The summed E-state index contributed by atoms with van der Waals surface area (Å²) in [5, 5.41) is 11.8. The minimum Gasteiger partial charge on any atom is -0.480 e. The molecule has 4 nitrogen and oxygen atoms in total. The predicted octanol–water partition coefficient (Wildman–Crippen LogP) is 6.52. The zero-order chi connectivity index (χ0) is 22.5. The number of amides is 1. The minimum atomic E-state index is -0.963. The van der Waals surface area contributed by atoms with Crippen molar-refractivity contribution in [3.63, 3.8) is 0 Å². The van der Waals surface area contributed by atoms with Crippen molar-refractivity contribution in [2.24, 2.45) is 5.92 Å². The third-order valence-corrected chi connectivity index (χ3v) is 4.27. The molecule has 0 saturated heterocycles. The maximum atomic E-state index is 11.9. The second kappa shape index (κ2) is 19.9. The average molecular weight is 416 g/mol. The number of nitrogens with one attached hydrogen (secondary N) is 1. The fourth-order valence-corrected chi connectivity index (χ4v) is 2.71. The summed E-state index contributed by atoms with van der Waals surface area (Å²) in [5.41, 5.74) is 0. The van der Waals surface area contributed by atoms with Gasteiger partial charge in [-0.05, 0) is 57.3 Å². The molecule has 2 N–H and O–H groups in total. The monoisotopic (exact) mass is 415 g/mol. The summed E-state index contributed by atoms with van der Waals surface area (Å²) in [6.07, 6.45) is 28.9. The summed E-state index contributed by atoms with van der Waals surface area (Å²) in [4.78, 5) is 23.0. The van der Waals surface area contributed by atoms with E-state index in [1.54, 1.807) is 0 Å². The van der Waals surface area contributed by atoms with Crippen molar-refractivity contribution in [2.45, 2.75) is 84.6 Å². The van der Waals surface area contributed by atoms with Gasteiger partial charge in [0.2, 0.25) is 5.91 Å². The van der Waals surface area contributed by atoms with Crippen LogP contribution >= 0.6 is 0 Å². The van der Waals surface area contributed by atoms with Gasteiger partial charge >= 0.3 is 5.97 Å². The van der Waals surface area contributed by atoms with Crippen molar-refractivity contribution in [1.82, 2.24) is 5.32 Å². The van der Waals surface area contributed by atoms with Crippen molar-refractivity contribution in [3.8, 4) is 0 Å². The Balaban J connectivity index is 3.76. The maximum absolute atomic E-state index is 11.9. The molecule has 0 aromatic heterocycles. The highest BCUT2D eigenvalue weighted by molar-refractivity contribution is 5.83. The molecule has 168 valence electrons. The maximum Gasteiger partial charge on any atom is 0.326 e. The molecule has 0 heterocycles. The van der Waals surface area contributed by atoms with Crippen molar-refractivity contribution in [2.75, 3.05) is 0 Å². The summed E-state index contributed by atoms with van der Waals surface area (Å²) in [5.74, 6) is -0.919. The molecule has 1 amide bonds. The van der Waals surface area contributed by atoms with Crippen molar-refractivity contribution in [3.05, 3.63) is 60.8 Å². The van der Waals surface area contributed by atoms with Gasteiger partial charge < -0.3 is 10.4 Å². The molecular formula is C26H41NO3. The average Bonchev–Trinajstić information content (AvgIpc) is 2.69. The van der Waals surface area contributed by atoms with Crippen LogP contribution in [-0.2, 0) is 9.59 Å². The molecular weight excluding hydrogens is 374 g/mol. The molecule has 0 saturated carbocycles. The van der Waals surface area contributed by atoms with E-state index >= 15 is 0 Å². The number of unbranched alkanes of at least 4 members (excludes halogenated alkanes) is 1. The van der Waals surface area contributed by atoms with Gasteiger partial charge in [-0.25, -0.2) is 4.79 Å². The summed E-state index contributed by atoms with van der Waals surface area (Å²) in [7, 11) is 0. The molecule has 1 atom stereocenters. The number of hydrogen-bond acceptors (Lipinski definition) is 2. The van der Waals surface area contributed by atoms with E-state index in [2.05, 4.69) is 73.0 Å². The van der Waals surface area contributed by atoms with Gasteiger partial charge in [-0.1, -0.05) is 81.5 Å². The Kier molecular flexibility index (Phi) is 18.4. The van der Waals surface area contributed by atoms with Crippen molar-refractivity contribution >= 4 is 11.9 Å². The van der Waals surface area contributed by atoms with E-state index in [9.17, 15) is 9.59 Å². The molecule has 0 spiro atoms. The van der Waals surface area contributed by atoms with Crippen LogP contribution in [0.3, 0.4) is 0 Å². The van der Waals surface area contributed by atoms with E-state index in [-0.39, 0.29) is 11.8 Å². The molecule has 0 fully saturated rings. The normalized spacial score (nSPS) is 13.6. The SMILES string of the molecule is CC/C=C\C/C=C\C/C=C\C/C=C\C/C=C\CCCC(=O)NC(CC(C)C)C(=O)O. The number of carbonyl (C=O) groups is 2. The lowest BCUT2D eigenvalue weighted by molar-refractivity contribution is -0.142. The zero-order valence-electron chi connectivity index (χ0n) is 19.1. The molecule has 0 rings (SSSR count). The van der Waals surface area contributed by atoms with Gasteiger partial charge in [0.25, 0.3) is 0 Å². The van der Waals surface area contributed by atoms with Crippen LogP contribution < -0.4 is 5.32 Å². The summed E-state index contributed by atoms with van der Waals surface area (Å²) in [6, 6.07) is -0.786. The fraction of sp³-hybridized carbons (Fsp3) is 0.538. The first-order chi connectivity index (χ1) is 14.5. The van der Waals surface area contributed by atoms with E-state index in [1.165, 1.54) is 0 Å². The smallest absolute Gasteiger partial charge is 0.326 e. The Morgan fingerprint density at radius 2 is 1.27 bits per heavy atom. The van der Waals surface area contributed by atoms with Crippen LogP contribution in [0.25, 0.3) is 0 Å². The standard InChI is InChI=1S/C26H41NO3/c1-4-5-6-7-8-9-10-11-12-13-14-15-16-17-18-19-20-21-25(28)27-24(26(29)30)22-23(2)3/h5-6,8-9,11-12,14-15,17-18,23-24H,4,7,10,13,16,19-22H2,1-3H3,(H,27,28)(H,29,30)/b6-5-,9-8-,12-11-,15-14-,18-17-. The summed E-state index contributed by atoms with van der Waals surface area (Å²) >= 11 is 0. The number of carboxylic acids is 1. The van der Waals surface area contributed by atoms with Crippen LogP contribution in [0.2, 0.25) is 0 Å². The van der Waals surface area contributed by atoms with E-state index in [0.717, 1.165) is 44.9 Å². The Morgan fingerprint density at radius 1 is 0.800 bits per heavy atom. The molecule has 30 heavy (non-hydrogen) atoms. The molecule has 4 heteroatoms. The van der Waals surface area contributed by atoms with Gasteiger partial charge in [-0.3, -0.25) is 4.79 Å². The Hall–Kier alpha value is -2.36. The van der Waals surface area contributed by atoms with Crippen LogP contribution in [0.4, 0.5) is 0 Å². The van der Waals surface area contributed by atoms with E-state index in [1.807, 2.05) is 13.8 Å². The number of carbonyl (C=O) groups excluding carboxylic acids is 1.